The van der Waals surface area contributed by atoms with E-state index in [1.165, 1.54) is 4.90 Å². The molecular formula is C23H35N3O3. The standard InChI is InChI=1S/C23H35N3O3/c1-6-18(4)24-15-12-23(13-16-24)21(27)26(17(2)3)22(28)25(23)14-11-19-7-9-20(29-5)10-8-19/h7-10,17-18H,6,11-16H2,1-5H3/t18-/m0/s1. The first-order chi connectivity index (χ1) is 13.8. The molecule has 2 saturated heterocycles. The number of imide groups is 1. The Hall–Kier alpha value is -2.08. The maximum absolute atomic E-state index is 13.4. The Bertz CT molecular complexity index is 723. The molecule has 0 N–H and O–H groups in total. The van der Waals surface area contributed by atoms with Crippen LogP contribution in [0.25, 0.3) is 0 Å². The number of methoxy groups -OCH3 is 1. The topological polar surface area (TPSA) is 53.1 Å². The van der Waals surface area contributed by atoms with E-state index in [0.29, 0.717) is 25.4 Å². The van der Waals surface area contributed by atoms with Crippen molar-refractivity contribution in [3.63, 3.8) is 0 Å². The molecule has 0 aromatic heterocycles. The van der Waals surface area contributed by atoms with Gasteiger partial charge in [0.2, 0.25) is 0 Å². The van der Waals surface area contributed by atoms with Crippen molar-refractivity contribution in [3.05, 3.63) is 29.8 Å². The van der Waals surface area contributed by atoms with Crippen molar-refractivity contribution in [2.45, 2.75) is 71.0 Å². The minimum Gasteiger partial charge on any atom is -0.497 e. The molecule has 3 amide bonds. The number of carbonyl (C=O) groups is 2. The average Bonchev–Trinajstić information content (AvgIpc) is 2.93. The van der Waals surface area contributed by atoms with Gasteiger partial charge in [-0.3, -0.25) is 9.69 Å². The van der Waals surface area contributed by atoms with E-state index in [4.69, 9.17) is 4.74 Å². The molecule has 1 atom stereocenters. The van der Waals surface area contributed by atoms with E-state index in [-0.39, 0.29) is 18.0 Å². The molecular weight excluding hydrogens is 366 g/mol. The summed E-state index contributed by atoms with van der Waals surface area (Å²) in [6.07, 6.45) is 3.26. The van der Waals surface area contributed by atoms with Gasteiger partial charge in [-0.15, -0.1) is 0 Å². The van der Waals surface area contributed by atoms with Crippen molar-refractivity contribution < 1.29 is 14.3 Å². The number of benzene rings is 1. The molecule has 2 aliphatic heterocycles. The Labute approximate surface area is 174 Å². The number of ether oxygens (including phenoxy) is 1. The second-order valence-corrected chi connectivity index (χ2v) is 8.63. The lowest BCUT2D eigenvalue weighted by Crippen LogP contribution is -2.58. The Balaban J connectivity index is 1.79. The van der Waals surface area contributed by atoms with Crippen LogP contribution in [0.5, 0.6) is 5.75 Å². The number of rotatable bonds is 7. The van der Waals surface area contributed by atoms with Gasteiger partial charge in [-0.05, 0) is 64.2 Å². The summed E-state index contributed by atoms with van der Waals surface area (Å²) in [6.45, 7) is 10.6. The highest BCUT2D eigenvalue weighted by atomic mass is 16.5. The lowest BCUT2D eigenvalue weighted by molar-refractivity contribution is -0.137. The molecule has 1 aromatic rings. The molecule has 0 unspecified atom stereocenters. The number of likely N-dealkylation sites (tertiary alicyclic amines) is 1. The van der Waals surface area contributed by atoms with Gasteiger partial charge in [-0.1, -0.05) is 19.1 Å². The van der Waals surface area contributed by atoms with Crippen LogP contribution in [-0.2, 0) is 11.2 Å². The number of carbonyl (C=O) groups excluding carboxylic acids is 2. The second kappa shape index (κ2) is 8.74. The van der Waals surface area contributed by atoms with Gasteiger partial charge in [0.25, 0.3) is 5.91 Å². The zero-order valence-corrected chi connectivity index (χ0v) is 18.5. The van der Waals surface area contributed by atoms with E-state index in [0.717, 1.165) is 37.2 Å². The van der Waals surface area contributed by atoms with Crippen molar-refractivity contribution in [1.82, 2.24) is 14.7 Å². The maximum Gasteiger partial charge on any atom is 0.327 e. The van der Waals surface area contributed by atoms with Crippen LogP contribution in [0.2, 0.25) is 0 Å². The van der Waals surface area contributed by atoms with Crippen LogP contribution in [0.4, 0.5) is 4.79 Å². The molecule has 0 radical (unpaired) electrons. The van der Waals surface area contributed by atoms with Gasteiger partial charge >= 0.3 is 6.03 Å². The number of piperidine rings is 1. The summed E-state index contributed by atoms with van der Waals surface area (Å²) in [4.78, 5) is 32.4. The number of hydrogen-bond donors (Lipinski definition) is 0. The lowest BCUT2D eigenvalue weighted by atomic mass is 9.84. The fourth-order valence-electron chi connectivity index (χ4n) is 4.61. The smallest absolute Gasteiger partial charge is 0.327 e. The summed E-state index contributed by atoms with van der Waals surface area (Å²) in [5.74, 6) is 0.817. The molecule has 2 heterocycles. The van der Waals surface area contributed by atoms with Gasteiger partial charge < -0.3 is 14.5 Å². The highest BCUT2D eigenvalue weighted by Gasteiger charge is 2.58. The molecule has 3 rings (SSSR count). The molecule has 29 heavy (non-hydrogen) atoms. The third kappa shape index (κ3) is 4.00. The van der Waals surface area contributed by atoms with Crippen LogP contribution in [0.3, 0.4) is 0 Å². The van der Waals surface area contributed by atoms with Crippen molar-refractivity contribution in [2.24, 2.45) is 0 Å². The van der Waals surface area contributed by atoms with Crippen LogP contribution in [0, 0.1) is 0 Å². The van der Waals surface area contributed by atoms with Gasteiger partial charge in [0.15, 0.2) is 0 Å². The first-order valence-corrected chi connectivity index (χ1v) is 10.9. The highest BCUT2D eigenvalue weighted by molar-refractivity contribution is 6.07. The predicted octanol–water partition coefficient (Wildman–Crippen LogP) is 3.54. The van der Waals surface area contributed by atoms with Gasteiger partial charge in [0.1, 0.15) is 11.3 Å². The van der Waals surface area contributed by atoms with Crippen molar-refractivity contribution in [3.8, 4) is 5.75 Å². The maximum atomic E-state index is 13.4. The third-order valence-corrected chi connectivity index (χ3v) is 6.71. The first-order valence-electron chi connectivity index (χ1n) is 10.9. The summed E-state index contributed by atoms with van der Waals surface area (Å²) in [5, 5.41) is 0. The predicted molar refractivity (Wildman–Crippen MR) is 114 cm³/mol. The Morgan fingerprint density at radius 2 is 1.69 bits per heavy atom. The number of amides is 3. The molecule has 2 aliphatic rings. The van der Waals surface area contributed by atoms with Crippen LogP contribution in [0.1, 0.15) is 52.5 Å². The molecule has 2 fully saturated rings. The SMILES string of the molecule is CC[C@H](C)N1CCC2(CC1)C(=O)N(C(C)C)C(=O)N2CCc1ccc(OC)cc1. The van der Waals surface area contributed by atoms with Crippen molar-refractivity contribution >= 4 is 11.9 Å². The van der Waals surface area contributed by atoms with Crippen LogP contribution in [0.15, 0.2) is 24.3 Å². The molecule has 1 aromatic carbocycles. The zero-order chi connectivity index (χ0) is 21.2. The second-order valence-electron chi connectivity index (χ2n) is 8.63. The van der Waals surface area contributed by atoms with Gasteiger partial charge in [0.05, 0.1) is 7.11 Å². The van der Waals surface area contributed by atoms with E-state index < -0.39 is 5.54 Å². The fraction of sp³-hybridized carbons (Fsp3) is 0.652. The minimum absolute atomic E-state index is 0.00367. The lowest BCUT2D eigenvalue weighted by Gasteiger charge is -2.44. The Morgan fingerprint density at radius 3 is 2.21 bits per heavy atom. The quantitative estimate of drug-likeness (QED) is 0.656. The van der Waals surface area contributed by atoms with E-state index in [1.807, 2.05) is 43.0 Å². The molecule has 160 valence electrons. The summed E-state index contributed by atoms with van der Waals surface area (Å²) >= 11 is 0. The zero-order valence-electron chi connectivity index (χ0n) is 18.5. The van der Waals surface area contributed by atoms with E-state index in [9.17, 15) is 9.59 Å². The summed E-state index contributed by atoms with van der Waals surface area (Å²) in [5.41, 5.74) is 0.457. The Kier molecular flexibility index (Phi) is 6.52. The van der Waals surface area contributed by atoms with Crippen LogP contribution >= 0.6 is 0 Å². The van der Waals surface area contributed by atoms with E-state index in [2.05, 4.69) is 18.7 Å². The van der Waals surface area contributed by atoms with Gasteiger partial charge in [0, 0.05) is 31.7 Å². The number of nitrogens with zero attached hydrogens (tertiary/aromatic N) is 3. The van der Waals surface area contributed by atoms with Crippen molar-refractivity contribution in [1.29, 1.82) is 0 Å². The third-order valence-electron chi connectivity index (χ3n) is 6.71. The number of hydrogen-bond acceptors (Lipinski definition) is 4. The molecule has 0 bridgehead atoms. The summed E-state index contributed by atoms with van der Waals surface area (Å²) < 4.78 is 5.23. The Morgan fingerprint density at radius 1 is 1.07 bits per heavy atom. The summed E-state index contributed by atoms with van der Waals surface area (Å²) in [6, 6.07) is 8.19. The minimum atomic E-state index is -0.683. The van der Waals surface area contributed by atoms with Crippen LogP contribution < -0.4 is 4.74 Å². The molecule has 0 aliphatic carbocycles. The molecule has 0 saturated carbocycles. The van der Waals surface area contributed by atoms with Gasteiger partial charge in [-0.2, -0.15) is 0 Å². The normalized spacial score (nSPS) is 20.8. The molecule has 6 nitrogen and oxygen atoms in total. The summed E-state index contributed by atoms with van der Waals surface area (Å²) in [7, 11) is 1.65. The van der Waals surface area contributed by atoms with Gasteiger partial charge in [-0.25, -0.2) is 4.79 Å². The molecule has 1 spiro atoms. The van der Waals surface area contributed by atoms with E-state index >= 15 is 0 Å². The van der Waals surface area contributed by atoms with Crippen molar-refractivity contribution in [2.75, 3.05) is 26.7 Å². The monoisotopic (exact) mass is 401 g/mol. The van der Waals surface area contributed by atoms with Crippen LogP contribution in [-0.4, -0.2) is 71.0 Å². The van der Waals surface area contributed by atoms with E-state index in [1.54, 1.807) is 7.11 Å². The number of urea groups is 1. The average molecular weight is 402 g/mol. The fourth-order valence-corrected chi connectivity index (χ4v) is 4.61. The largest absolute Gasteiger partial charge is 0.497 e. The first kappa shape index (κ1) is 21.6. The highest BCUT2D eigenvalue weighted by Crippen LogP contribution is 2.39. The molecule has 6 heteroatoms.